The standard InChI is InChI=1S/C18H18FNO7P2/c1-10(2)18-16(26-28(21)22)8-12(9-17(18)27-29(23,24)25)15-5-3-11-7-13(19)4-6-14(11)20-15/h3-10,21-22H,1-2H3,(H2,23,24,25). The quantitative estimate of drug-likeness (QED) is 0.419. The van der Waals surface area contributed by atoms with Crippen LogP contribution >= 0.6 is 16.4 Å². The highest BCUT2D eigenvalue weighted by atomic mass is 31.2. The number of hydrogen-bond donors (Lipinski definition) is 4. The highest BCUT2D eigenvalue weighted by molar-refractivity contribution is 7.46. The number of aromatic nitrogens is 1. The second-order valence-corrected chi connectivity index (χ2v) is 8.35. The predicted molar refractivity (Wildman–Crippen MR) is 106 cm³/mol. The number of fused-ring (bicyclic) bond motifs is 1. The third-order valence-electron chi connectivity index (χ3n) is 4.03. The molecule has 0 amide bonds. The summed E-state index contributed by atoms with van der Waals surface area (Å²) in [6, 6.07) is 10.2. The van der Waals surface area contributed by atoms with E-state index in [0.717, 1.165) is 0 Å². The Hall–Kier alpha value is -2.12. The molecule has 0 aliphatic carbocycles. The Bertz CT molecular complexity index is 1100. The fraction of sp³-hybridized carbons (Fsp3) is 0.167. The van der Waals surface area contributed by atoms with Crippen LogP contribution in [0.1, 0.15) is 25.3 Å². The highest BCUT2D eigenvalue weighted by Gasteiger charge is 2.25. The molecule has 0 atom stereocenters. The van der Waals surface area contributed by atoms with Gasteiger partial charge in [-0.25, -0.2) is 13.9 Å². The molecule has 0 radical (unpaired) electrons. The lowest BCUT2D eigenvalue weighted by Gasteiger charge is -2.20. The van der Waals surface area contributed by atoms with Crippen LogP contribution in [0.3, 0.4) is 0 Å². The second kappa shape index (κ2) is 8.32. The number of benzene rings is 2. The first-order valence-electron chi connectivity index (χ1n) is 8.39. The summed E-state index contributed by atoms with van der Waals surface area (Å²) in [4.78, 5) is 41.6. The third-order valence-corrected chi connectivity index (χ3v) is 4.82. The van der Waals surface area contributed by atoms with Gasteiger partial charge in [0.05, 0.1) is 11.2 Å². The summed E-state index contributed by atoms with van der Waals surface area (Å²) in [5, 5.41) is 0.574. The van der Waals surface area contributed by atoms with E-state index in [-0.39, 0.29) is 23.0 Å². The van der Waals surface area contributed by atoms with Crippen LogP contribution in [0.2, 0.25) is 0 Å². The molecule has 2 aromatic carbocycles. The molecule has 3 rings (SSSR count). The van der Waals surface area contributed by atoms with Crippen molar-refractivity contribution < 1.29 is 37.6 Å². The van der Waals surface area contributed by atoms with Crippen molar-refractivity contribution in [2.75, 3.05) is 0 Å². The molecule has 154 valence electrons. The number of pyridine rings is 1. The maximum atomic E-state index is 13.4. The second-order valence-electron chi connectivity index (χ2n) is 6.50. The summed E-state index contributed by atoms with van der Waals surface area (Å²) in [5.41, 5.74) is 1.51. The molecule has 0 aliphatic heterocycles. The summed E-state index contributed by atoms with van der Waals surface area (Å²) in [5.74, 6) is -0.888. The average Bonchev–Trinajstić information content (AvgIpc) is 2.58. The van der Waals surface area contributed by atoms with Crippen molar-refractivity contribution >= 4 is 27.3 Å². The molecule has 0 aliphatic rings. The summed E-state index contributed by atoms with van der Waals surface area (Å²) in [7, 11) is -7.69. The summed E-state index contributed by atoms with van der Waals surface area (Å²) in [6.45, 7) is 3.46. The smallest absolute Gasteiger partial charge is 0.427 e. The molecular weight excluding hydrogens is 423 g/mol. The third kappa shape index (κ3) is 5.28. The molecule has 0 bridgehead atoms. The van der Waals surface area contributed by atoms with Crippen LogP contribution in [0.5, 0.6) is 11.5 Å². The average molecular weight is 441 g/mol. The first-order valence-corrected chi connectivity index (χ1v) is 11.1. The van der Waals surface area contributed by atoms with Crippen LogP contribution in [0.15, 0.2) is 42.5 Å². The van der Waals surface area contributed by atoms with E-state index in [0.29, 0.717) is 22.2 Å². The number of phosphoric acid groups is 1. The zero-order valence-corrected chi connectivity index (χ0v) is 17.1. The van der Waals surface area contributed by atoms with Crippen LogP contribution in [-0.2, 0) is 4.57 Å². The van der Waals surface area contributed by atoms with Gasteiger partial charge >= 0.3 is 16.4 Å². The minimum Gasteiger partial charge on any atom is -0.427 e. The van der Waals surface area contributed by atoms with Crippen molar-refractivity contribution in [1.82, 2.24) is 4.98 Å². The van der Waals surface area contributed by atoms with Gasteiger partial charge in [0.25, 0.3) is 0 Å². The molecule has 1 heterocycles. The Kier molecular flexibility index (Phi) is 6.19. The first-order chi connectivity index (χ1) is 13.5. The number of rotatable bonds is 6. The minimum atomic E-state index is -4.90. The van der Waals surface area contributed by atoms with Crippen molar-refractivity contribution in [1.29, 1.82) is 0 Å². The largest absolute Gasteiger partial charge is 0.524 e. The van der Waals surface area contributed by atoms with Crippen LogP contribution < -0.4 is 9.05 Å². The van der Waals surface area contributed by atoms with Gasteiger partial charge in [0.1, 0.15) is 17.3 Å². The molecule has 1 aromatic heterocycles. The van der Waals surface area contributed by atoms with Crippen molar-refractivity contribution in [3.05, 3.63) is 53.8 Å². The summed E-state index contributed by atoms with van der Waals surface area (Å²) in [6.07, 6.45) is 0. The normalized spacial score (nSPS) is 12.0. The van der Waals surface area contributed by atoms with Crippen molar-refractivity contribution in [3.63, 3.8) is 0 Å². The molecule has 0 spiro atoms. The Labute approximate surface area is 166 Å². The van der Waals surface area contributed by atoms with E-state index in [1.54, 1.807) is 26.0 Å². The lowest BCUT2D eigenvalue weighted by atomic mass is 9.97. The summed E-state index contributed by atoms with van der Waals surface area (Å²) >= 11 is 0. The van der Waals surface area contributed by atoms with Gasteiger partial charge < -0.3 is 18.8 Å². The molecule has 3 aromatic rings. The van der Waals surface area contributed by atoms with Gasteiger partial charge in [-0.3, -0.25) is 9.79 Å². The summed E-state index contributed by atoms with van der Waals surface area (Å²) < 4.78 is 34.8. The topological polar surface area (TPSA) is 129 Å². The zero-order valence-electron chi connectivity index (χ0n) is 15.4. The lowest BCUT2D eigenvalue weighted by Crippen LogP contribution is -2.01. The maximum absolute atomic E-state index is 13.4. The van der Waals surface area contributed by atoms with Crippen molar-refractivity contribution in [3.8, 4) is 22.8 Å². The van der Waals surface area contributed by atoms with E-state index in [2.05, 4.69) is 4.98 Å². The number of hydrogen-bond acceptors (Lipinski definition) is 6. The van der Waals surface area contributed by atoms with E-state index >= 15 is 0 Å². The van der Waals surface area contributed by atoms with Gasteiger partial charge in [0.2, 0.25) is 0 Å². The van der Waals surface area contributed by atoms with Crippen LogP contribution in [0.4, 0.5) is 4.39 Å². The van der Waals surface area contributed by atoms with Gasteiger partial charge in [-0.05, 0) is 42.3 Å². The SMILES string of the molecule is CC(C)c1c(OP(O)O)cc(-c2ccc3cc(F)ccc3n2)cc1OP(=O)(O)O. The van der Waals surface area contributed by atoms with Crippen molar-refractivity contribution in [2.24, 2.45) is 0 Å². The molecule has 0 saturated heterocycles. The zero-order chi connectivity index (χ0) is 21.3. The van der Waals surface area contributed by atoms with Gasteiger partial charge in [0.15, 0.2) is 0 Å². The number of halogens is 1. The highest BCUT2D eigenvalue weighted by Crippen LogP contribution is 2.48. The van der Waals surface area contributed by atoms with E-state index in [9.17, 15) is 28.5 Å². The van der Waals surface area contributed by atoms with E-state index in [1.165, 1.54) is 30.3 Å². The monoisotopic (exact) mass is 441 g/mol. The molecule has 0 unspecified atom stereocenters. The molecule has 11 heteroatoms. The predicted octanol–water partition coefficient (Wildman–Crippen LogP) is 4.23. The van der Waals surface area contributed by atoms with Gasteiger partial charge in [0, 0.05) is 16.5 Å². The number of nitrogens with zero attached hydrogens (tertiary/aromatic N) is 1. The first kappa shape index (κ1) is 21.6. The fourth-order valence-corrected chi connectivity index (χ4v) is 3.68. The molecule has 0 fully saturated rings. The Morgan fingerprint density at radius 3 is 2.38 bits per heavy atom. The van der Waals surface area contributed by atoms with Crippen LogP contribution in [-0.4, -0.2) is 24.6 Å². The van der Waals surface area contributed by atoms with E-state index < -0.39 is 22.2 Å². The molecule has 29 heavy (non-hydrogen) atoms. The van der Waals surface area contributed by atoms with Gasteiger partial charge in [-0.2, -0.15) is 0 Å². The van der Waals surface area contributed by atoms with Gasteiger partial charge in [-0.15, -0.1) is 0 Å². The molecule has 4 N–H and O–H groups in total. The maximum Gasteiger partial charge on any atom is 0.524 e. The molecule has 0 saturated carbocycles. The van der Waals surface area contributed by atoms with Crippen molar-refractivity contribution in [2.45, 2.75) is 19.8 Å². The van der Waals surface area contributed by atoms with E-state index in [1.807, 2.05) is 0 Å². The van der Waals surface area contributed by atoms with Crippen LogP contribution in [0.25, 0.3) is 22.2 Å². The Morgan fingerprint density at radius 1 is 1.07 bits per heavy atom. The van der Waals surface area contributed by atoms with E-state index in [4.69, 9.17) is 9.05 Å². The molecular formula is C18H18FNO7P2. The Balaban J connectivity index is 2.21. The Morgan fingerprint density at radius 2 is 1.76 bits per heavy atom. The molecule has 8 nitrogen and oxygen atoms in total. The minimum absolute atomic E-state index is 0.00179. The number of phosphoric ester groups is 1. The fourth-order valence-electron chi connectivity index (χ4n) is 2.94. The van der Waals surface area contributed by atoms with Gasteiger partial charge in [-0.1, -0.05) is 19.9 Å². The van der Waals surface area contributed by atoms with Crippen LogP contribution in [0, 0.1) is 5.82 Å². The lowest BCUT2D eigenvalue weighted by molar-refractivity contribution is 0.281.